The van der Waals surface area contributed by atoms with Gasteiger partial charge < -0.3 is 15.4 Å². The monoisotopic (exact) mass is 298 g/mol. The predicted molar refractivity (Wildman–Crippen MR) is 74.8 cm³/mol. The van der Waals surface area contributed by atoms with Crippen LogP contribution in [0.3, 0.4) is 0 Å². The summed E-state index contributed by atoms with van der Waals surface area (Å²) < 4.78 is 6.41. The first-order valence-electron chi connectivity index (χ1n) is 6.07. The second kappa shape index (κ2) is 6.26. The van der Waals surface area contributed by atoms with Crippen molar-refractivity contribution in [3.8, 4) is 5.75 Å². The molecule has 0 radical (unpaired) electrons. The van der Waals surface area contributed by atoms with E-state index < -0.39 is 0 Å². The second-order valence-corrected chi connectivity index (χ2v) is 5.35. The minimum absolute atomic E-state index is 0.715. The van der Waals surface area contributed by atoms with Crippen molar-refractivity contribution in [1.29, 1.82) is 0 Å². The molecule has 0 amide bonds. The van der Waals surface area contributed by atoms with Gasteiger partial charge in [0.05, 0.1) is 12.8 Å². The van der Waals surface area contributed by atoms with Gasteiger partial charge in [0.2, 0.25) is 0 Å². The second-order valence-electron chi connectivity index (χ2n) is 4.44. The summed E-state index contributed by atoms with van der Waals surface area (Å²) in [7, 11) is 1.70. The van der Waals surface area contributed by atoms with E-state index >= 15 is 0 Å². The molecular formula is C13H19BrN2O. The molecule has 17 heavy (non-hydrogen) atoms. The number of halogens is 1. The summed E-state index contributed by atoms with van der Waals surface area (Å²) >= 11 is 3.48. The zero-order valence-electron chi connectivity index (χ0n) is 10.1. The number of hydrogen-bond acceptors (Lipinski definition) is 3. The SMILES string of the molecule is COc1ccc(Br)cc1NCC1CCCNC1. The molecule has 1 aromatic rings. The largest absolute Gasteiger partial charge is 0.495 e. The molecule has 1 unspecified atom stereocenters. The van der Waals surface area contributed by atoms with E-state index in [-0.39, 0.29) is 0 Å². The molecule has 2 rings (SSSR count). The van der Waals surface area contributed by atoms with Gasteiger partial charge in [-0.2, -0.15) is 0 Å². The summed E-state index contributed by atoms with van der Waals surface area (Å²) in [5.74, 6) is 1.62. The van der Waals surface area contributed by atoms with Crippen LogP contribution in [0, 0.1) is 5.92 Å². The Kier molecular flexibility index (Phi) is 4.68. The average Bonchev–Trinajstić information content (AvgIpc) is 2.38. The molecule has 1 heterocycles. The molecule has 1 atom stereocenters. The fraction of sp³-hybridized carbons (Fsp3) is 0.538. The van der Waals surface area contributed by atoms with E-state index in [0.717, 1.165) is 35.5 Å². The van der Waals surface area contributed by atoms with Crippen molar-refractivity contribution in [3.63, 3.8) is 0 Å². The Morgan fingerprint density at radius 1 is 1.53 bits per heavy atom. The van der Waals surface area contributed by atoms with Crippen LogP contribution in [0.15, 0.2) is 22.7 Å². The molecular weight excluding hydrogens is 280 g/mol. The third-order valence-electron chi connectivity index (χ3n) is 3.14. The highest BCUT2D eigenvalue weighted by molar-refractivity contribution is 9.10. The highest BCUT2D eigenvalue weighted by Crippen LogP contribution is 2.28. The summed E-state index contributed by atoms with van der Waals surface area (Å²) in [5.41, 5.74) is 1.06. The minimum Gasteiger partial charge on any atom is -0.495 e. The lowest BCUT2D eigenvalue weighted by Crippen LogP contribution is -2.33. The lowest BCUT2D eigenvalue weighted by molar-refractivity contribution is 0.390. The smallest absolute Gasteiger partial charge is 0.142 e. The van der Waals surface area contributed by atoms with Crippen LogP contribution in [-0.2, 0) is 0 Å². The van der Waals surface area contributed by atoms with Crippen LogP contribution in [0.1, 0.15) is 12.8 Å². The van der Waals surface area contributed by atoms with E-state index in [2.05, 4.69) is 32.6 Å². The number of benzene rings is 1. The Bertz CT molecular complexity index is 364. The lowest BCUT2D eigenvalue weighted by atomic mass is 10.00. The zero-order chi connectivity index (χ0) is 12.1. The van der Waals surface area contributed by atoms with E-state index in [0.29, 0.717) is 5.92 Å². The molecule has 4 heteroatoms. The lowest BCUT2D eigenvalue weighted by Gasteiger charge is -2.23. The summed E-state index contributed by atoms with van der Waals surface area (Å²) in [5, 5.41) is 6.91. The summed E-state index contributed by atoms with van der Waals surface area (Å²) in [6.45, 7) is 3.28. The molecule has 0 saturated carbocycles. The van der Waals surface area contributed by atoms with Gasteiger partial charge >= 0.3 is 0 Å². The number of piperidine rings is 1. The van der Waals surface area contributed by atoms with Crippen LogP contribution in [-0.4, -0.2) is 26.7 Å². The molecule has 1 aliphatic rings. The zero-order valence-corrected chi connectivity index (χ0v) is 11.7. The Balaban J connectivity index is 1.95. The number of hydrogen-bond donors (Lipinski definition) is 2. The van der Waals surface area contributed by atoms with Gasteiger partial charge in [0.1, 0.15) is 5.75 Å². The third kappa shape index (κ3) is 3.61. The van der Waals surface area contributed by atoms with Gasteiger partial charge in [-0.1, -0.05) is 15.9 Å². The first-order chi connectivity index (χ1) is 8.29. The Labute approximate surface area is 111 Å². The van der Waals surface area contributed by atoms with Gasteiger partial charge in [-0.25, -0.2) is 0 Å². The molecule has 1 fully saturated rings. The molecule has 94 valence electrons. The van der Waals surface area contributed by atoms with Crippen molar-refractivity contribution in [2.45, 2.75) is 12.8 Å². The molecule has 0 bridgehead atoms. The quantitative estimate of drug-likeness (QED) is 0.897. The predicted octanol–water partition coefficient (Wildman–Crippen LogP) is 2.87. The van der Waals surface area contributed by atoms with Crippen molar-refractivity contribution in [2.75, 3.05) is 32.1 Å². The Morgan fingerprint density at radius 3 is 3.12 bits per heavy atom. The standard InChI is InChI=1S/C13H19BrN2O/c1-17-13-5-4-11(14)7-12(13)16-9-10-3-2-6-15-8-10/h4-5,7,10,15-16H,2-3,6,8-9H2,1H3. The van der Waals surface area contributed by atoms with Crippen molar-refractivity contribution in [2.24, 2.45) is 5.92 Å². The molecule has 0 aromatic heterocycles. The Hall–Kier alpha value is -0.740. The van der Waals surface area contributed by atoms with E-state index in [1.807, 2.05) is 12.1 Å². The summed E-state index contributed by atoms with van der Waals surface area (Å²) in [6.07, 6.45) is 2.58. The number of rotatable bonds is 4. The summed E-state index contributed by atoms with van der Waals surface area (Å²) in [4.78, 5) is 0. The van der Waals surface area contributed by atoms with Crippen molar-refractivity contribution >= 4 is 21.6 Å². The van der Waals surface area contributed by atoms with Gasteiger partial charge in [-0.05, 0) is 50.0 Å². The number of ether oxygens (including phenoxy) is 1. The van der Waals surface area contributed by atoms with Crippen molar-refractivity contribution in [1.82, 2.24) is 5.32 Å². The van der Waals surface area contributed by atoms with Gasteiger partial charge in [0.25, 0.3) is 0 Å². The third-order valence-corrected chi connectivity index (χ3v) is 3.63. The number of methoxy groups -OCH3 is 1. The molecule has 1 aliphatic heterocycles. The first-order valence-corrected chi connectivity index (χ1v) is 6.87. The number of anilines is 1. The van der Waals surface area contributed by atoms with Crippen LogP contribution < -0.4 is 15.4 Å². The van der Waals surface area contributed by atoms with E-state index in [9.17, 15) is 0 Å². The van der Waals surface area contributed by atoms with Crippen LogP contribution in [0.5, 0.6) is 5.75 Å². The molecule has 0 aliphatic carbocycles. The number of nitrogens with one attached hydrogen (secondary N) is 2. The van der Waals surface area contributed by atoms with Crippen LogP contribution in [0.25, 0.3) is 0 Å². The van der Waals surface area contributed by atoms with Gasteiger partial charge in [0, 0.05) is 11.0 Å². The highest BCUT2D eigenvalue weighted by atomic mass is 79.9. The van der Waals surface area contributed by atoms with Gasteiger partial charge in [-0.3, -0.25) is 0 Å². The topological polar surface area (TPSA) is 33.3 Å². The van der Waals surface area contributed by atoms with E-state index in [1.165, 1.54) is 12.8 Å². The van der Waals surface area contributed by atoms with Crippen LogP contribution in [0.4, 0.5) is 5.69 Å². The Morgan fingerprint density at radius 2 is 2.41 bits per heavy atom. The fourth-order valence-corrected chi connectivity index (χ4v) is 2.53. The van der Waals surface area contributed by atoms with Crippen molar-refractivity contribution in [3.05, 3.63) is 22.7 Å². The normalized spacial score (nSPS) is 20.0. The van der Waals surface area contributed by atoms with Gasteiger partial charge in [-0.15, -0.1) is 0 Å². The van der Waals surface area contributed by atoms with Crippen LogP contribution >= 0.6 is 15.9 Å². The summed E-state index contributed by atoms with van der Waals surface area (Å²) in [6, 6.07) is 6.03. The average molecular weight is 299 g/mol. The first kappa shape index (κ1) is 12.7. The highest BCUT2D eigenvalue weighted by Gasteiger charge is 2.13. The van der Waals surface area contributed by atoms with Crippen LogP contribution in [0.2, 0.25) is 0 Å². The van der Waals surface area contributed by atoms with E-state index in [1.54, 1.807) is 7.11 Å². The molecule has 0 spiro atoms. The maximum atomic E-state index is 5.34. The fourth-order valence-electron chi connectivity index (χ4n) is 2.17. The molecule has 1 aromatic carbocycles. The van der Waals surface area contributed by atoms with Crippen molar-refractivity contribution < 1.29 is 4.74 Å². The van der Waals surface area contributed by atoms with Gasteiger partial charge in [0.15, 0.2) is 0 Å². The maximum Gasteiger partial charge on any atom is 0.142 e. The molecule has 3 nitrogen and oxygen atoms in total. The maximum absolute atomic E-state index is 5.34. The minimum atomic E-state index is 0.715. The van der Waals surface area contributed by atoms with E-state index in [4.69, 9.17) is 4.74 Å². The molecule has 2 N–H and O–H groups in total. The molecule has 1 saturated heterocycles.